The summed E-state index contributed by atoms with van der Waals surface area (Å²) < 4.78 is 54.1. The molecule has 10 heteroatoms. The number of fused-ring (bicyclic) bond motifs is 1. The van der Waals surface area contributed by atoms with E-state index in [9.17, 15) is 0 Å². The Morgan fingerprint density at radius 1 is 1.08 bits per heavy atom. The summed E-state index contributed by atoms with van der Waals surface area (Å²) >= 11 is 0. The zero-order chi connectivity index (χ0) is 28.5. The van der Waals surface area contributed by atoms with Crippen molar-refractivity contribution < 1.29 is 17.6 Å². The van der Waals surface area contributed by atoms with Crippen LogP contribution in [-0.4, -0.2) is 42.2 Å². The minimum atomic E-state index is -3.54. The van der Waals surface area contributed by atoms with Gasteiger partial charge in [-0.25, -0.2) is 14.4 Å². The lowest BCUT2D eigenvalue weighted by atomic mass is 9.91. The van der Waals surface area contributed by atoms with Crippen LogP contribution < -0.4 is 10.8 Å². The van der Waals surface area contributed by atoms with Gasteiger partial charge in [-0.3, -0.25) is 4.98 Å². The summed E-state index contributed by atoms with van der Waals surface area (Å²) in [5, 5.41) is 4.02. The molecule has 0 fully saturated rings. The van der Waals surface area contributed by atoms with Crippen LogP contribution in [0.5, 0.6) is 0 Å². The SMILES string of the molecule is CC[Si](CC)(CC)OC(C)(C)C(F)(F)c1cccc([C@@H](C)Nc2nc(C)nc3cnc(P(C)C)cc23)c1F. The molecular formula is C28H40F3N4OPSi. The van der Waals surface area contributed by atoms with Gasteiger partial charge in [0.15, 0.2) is 8.32 Å². The van der Waals surface area contributed by atoms with Gasteiger partial charge in [-0.15, -0.1) is 0 Å². The molecule has 38 heavy (non-hydrogen) atoms. The van der Waals surface area contributed by atoms with Crippen molar-refractivity contribution in [3.63, 3.8) is 0 Å². The number of aromatic nitrogens is 3. The fourth-order valence-corrected chi connectivity index (χ4v) is 8.62. The molecule has 0 spiro atoms. The number of rotatable bonds is 11. The molecule has 0 saturated carbocycles. The highest BCUT2D eigenvalue weighted by molar-refractivity contribution is 7.63. The number of halogens is 3. The average Bonchev–Trinajstić information content (AvgIpc) is 2.86. The fraction of sp³-hybridized carbons (Fsp3) is 0.536. The second-order valence-corrected chi connectivity index (χ2v) is 17.5. The van der Waals surface area contributed by atoms with Crippen LogP contribution in [0.4, 0.5) is 19.0 Å². The van der Waals surface area contributed by atoms with Crippen molar-refractivity contribution in [1.82, 2.24) is 15.0 Å². The summed E-state index contributed by atoms with van der Waals surface area (Å²) in [6.45, 7) is 16.4. The van der Waals surface area contributed by atoms with Gasteiger partial charge in [-0.2, -0.15) is 8.78 Å². The number of hydrogen-bond donors (Lipinski definition) is 1. The largest absolute Gasteiger partial charge is 0.405 e. The first-order chi connectivity index (χ1) is 17.7. The lowest BCUT2D eigenvalue weighted by Crippen LogP contribution is -2.52. The minimum Gasteiger partial charge on any atom is -0.405 e. The van der Waals surface area contributed by atoms with E-state index in [4.69, 9.17) is 4.43 Å². The van der Waals surface area contributed by atoms with Gasteiger partial charge >= 0.3 is 5.92 Å². The Labute approximate surface area is 226 Å². The van der Waals surface area contributed by atoms with E-state index in [0.29, 0.717) is 17.2 Å². The van der Waals surface area contributed by atoms with Gasteiger partial charge in [0.2, 0.25) is 0 Å². The zero-order valence-corrected chi connectivity index (χ0v) is 25.8. The van der Waals surface area contributed by atoms with E-state index in [1.165, 1.54) is 26.0 Å². The molecule has 0 radical (unpaired) electrons. The molecule has 0 bridgehead atoms. The molecule has 5 nitrogen and oxygen atoms in total. The smallest absolute Gasteiger partial charge is 0.302 e. The normalized spacial score (nSPS) is 13.8. The number of aryl methyl sites for hydroxylation is 1. The molecule has 0 aliphatic rings. The van der Waals surface area contributed by atoms with E-state index in [1.54, 1.807) is 20.0 Å². The van der Waals surface area contributed by atoms with Gasteiger partial charge in [-0.05, 0) is 71.3 Å². The molecular weight excluding hydrogens is 524 g/mol. The van der Waals surface area contributed by atoms with Crippen LogP contribution in [0.15, 0.2) is 30.5 Å². The zero-order valence-electron chi connectivity index (χ0n) is 23.9. The van der Waals surface area contributed by atoms with Gasteiger partial charge in [0.1, 0.15) is 23.1 Å². The van der Waals surface area contributed by atoms with E-state index >= 15 is 13.2 Å². The van der Waals surface area contributed by atoms with Crippen LogP contribution in [0.25, 0.3) is 10.9 Å². The molecule has 2 heterocycles. The van der Waals surface area contributed by atoms with E-state index in [0.717, 1.165) is 35.0 Å². The van der Waals surface area contributed by atoms with Gasteiger partial charge in [0.05, 0.1) is 28.8 Å². The molecule has 3 rings (SSSR count). The second-order valence-electron chi connectivity index (χ2n) is 10.6. The fourth-order valence-electron chi connectivity index (χ4n) is 4.80. The van der Waals surface area contributed by atoms with Crippen molar-refractivity contribution in [2.24, 2.45) is 0 Å². The Morgan fingerprint density at radius 2 is 1.71 bits per heavy atom. The highest BCUT2D eigenvalue weighted by Crippen LogP contribution is 2.46. The lowest BCUT2D eigenvalue weighted by molar-refractivity contribution is -0.161. The molecule has 1 atom stereocenters. The van der Waals surface area contributed by atoms with Crippen LogP contribution in [-0.2, 0) is 10.3 Å². The van der Waals surface area contributed by atoms with Crippen molar-refractivity contribution in [3.8, 4) is 0 Å². The van der Waals surface area contributed by atoms with E-state index in [1.807, 2.05) is 26.8 Å². The molecule has 0 amide bonds. The Hall–Kier alpha value is -2.09. The van der Waals surface area contributed by atoms with Crippen LogP contribution >= 0.6 is 7.92 Å². The van der Waals surface area contributed by atoms with Crippen LogP contribution in [0, 0.1) is 12.7 Å². The maximum atomic E-state index is 16.0. The summed E-state index contributed by atoms with van der Waals surface area (Å²) in [6, 6.07) is 7.67. The quantitative estimate of drug-likeness (QED) is 0.189. The Morgan fingerprint density at radius 3 is 2.29 bits per heavy atom. The highest BCUT2D eigenvalue weighted by atomic mass is 31.1. The maximum absolute atomic E-state index is 16.0. The van der Waals surface area contributed by atoms with E-state index < -0.39 is 45.2 Å². The standard InChI is InChI=1S/C28H40F3N4OPSi/c1-10-38(11-2,12-3)36-27(6,7)28(30,31)22-15-13-14-20(25(22)29)18(4)33-26-21-16-24(37(8)9)32-17-23(21)34-19(5)35-26/h13-18H,10-12H2,1-9H3,(H,33,34,35)/t18-/m1/s1. The van der Waals surface area contributed by atoms with E-state index in [-0.39, 0.29) is 5.56 Å². The first-order valence-electron chi connectivity index (χ1n) is 13.2. The van der Waals surface area contributed by atoms with Gasteiger partial charge in [0, 0.05) is 10.9 Å². The van der Waals surface area contributed by atoms with Crippen molar-refractivity contribution in [3.05, 3.63) is 53.2 Å². The molecule has 0 saturated heterocycles. The Kier molecular flexibility index (Phi) is 9.27. The number of anilines is 1. The predicted octanol–water partition coefficient (Wildman–Crippen LogP) is 7.90. The summed E-state index contributed by atoms with van der Waals surface area (Å²) in [7, 11) is -2.82. The topological polar surface area (TPSA) is 59.9 Å². The van der Waals surface area contributed by atoms with Crippen LogP contribution in [0.2, 0.25) is 18.1 Å². The molecule has 208 valence electrons. The van der Waals surface area contributed by atoms with Crippen molar-refractivity contribution in [2.75, 3.05) is 18.6 Å². The molecule has 0 unspecified atom stereocenters. The third-order valence-electron chi connectivity index (χ3n) is 7.49. The Bertz CT molecular complexity index is 1280. The van der Waals surface area contributed by atoms with E-state index in [2.05, 4.69) is 33.6 Å². The van der Waals surface area contributed by atoms with Gasteiger partial charge in [-0.1, -0.05) is 40.8 Å². The summed E-state index contributed by atoms with van der Waals surface area (Å²) in [4.78, 5) is 13.5. The first kappa shape index (κ1) is 30.4. The molecule has 1 N–H and O–H groups in total. The molecule has 0 aliphatic carbocycles. The number of alkyl halides is 2. The van der Waals surface area contributed by atoms with Crippen LogP contribution in [0.3, 0.4) is 0 Å². The summed E-state index contributed by atoms with van der Waals surface area (Å²) in [5.41, 5.74) is -0.772. The van der Waals surface area contributed by atoms with Crippen molar-refractivity contribution in [2.45, 2.75) is 84.2 Å². The monoisotopic (exact) mass is 564 g/mol. The average molecular weight is 565 g/mol. The highest BCUT2D eigenvalue weighted by Gasteiger charge is 2.54. The van der Waals surface area contributed by atoms with Crippen LogP contribution in [0.1, 0.15) is 64.5 Å². The number of hydrogen-bond acceptors (Lipinski definition) is 5. The predicted molar refractivity (Wildman–Crippen MR) is 155 cm³/mol. The third kappa shape index (κ3) is 5.90. The maximum Gasteiger partial charge on any atom is 0.302 e. The Balaban J connectivity index is 2.01. The molecule has 0 aliphatic heterocycles. The van der Waals surface area contributed by atoms with Crippen molar-refractivity contribution in [1.29, 1.82) is 0 Å². The first-order valence-corrected chi connectivity index (χ1v) is 17.9. The summed E-state index contributed by atoms with van der Waals surface area (Å²) in [5.74, 6) is -3.42. The number of pyridine rings is 1. The number of nitrogens with zero attached hydrogens (tertiary/aromatic N) is 3. The second kappa shape index (κ2) is 11.6. The molecule has 2 aromatic heterocycles. The minimum absolute atomic E-state index is 0.134. The van der Waals surface area contributed by atoms with Gasteiger partial charge in [0.25, 0.3) is 0 Å². The number of benzene rings is 1. The van der Waals surface area contributed by atoms with Crippen molar-refractivity contribution >= 4 is 38.4 Å². The third-order valence-corrected chi connectivity index (χ3v) is 13.5. The summed E-state index contributed by atoms with van der Waals surface area (Å²) in [6.07, 6.45) is 1.72. The molecule has 3 aromatic rings. The molecule has 1 aromatic carbocycles. The number of nitrogens with one attached hydrogen (secondary N) is 1. The van der Waals surface area contributed by atoms with Gasteiger partial charge < -0.3 is 9.74 Å². The lowest BCUT2D eigenvalue weighted by Gasteiger charge is -2.42.